The minimum absolute atomic E-state index is 0.109. The number of benzene rings is 2. The van der Waals surface area contributed by atoms with Crippen LogP contribution in [0.15, 0.2) is 62.5 Å². The molecule has 344 valence electrons. The fourth-order valence-corrected chi connectivity index (χ4v) is 9.29. The third kappa shape index (κ3) is 9.99. The molecule has 20 nitrogen and oxygen atoms in total. The van der Waals surface area contributed by atoms with E-state index in [1.807, 2.05) is 34.2 Å². The van der Waals surface area contributed by atoms with Gasteiger partial charge in [-0.1, -0.05) is 0 Å². The zero-order valence-corrected chi connectivity index (χ0v) is 37.8. The van der Waals surface area contributed by atoms with Crippen LogP contribution in [0.4, 0.5) is 11.5 Å². The van der Waals surface area contributed by atoms with Crippen molar-refractivity contribution in [2.24, 2.45) is 15.0 Å². The average Bonchev–Trinajstić information content (AvgIpc) is 4.19. The van der Waals surface area contributed by atoms with Crippen molar-refractivity contribution in [3.05, 3.63) is 68.6 Å². The van der Waals surface area contributed by atoms with Gasteiger partial charge in [0.05, 0.1) is 58.9 Å². The Morgan fingerprint density at radius 1 is 0.877 bits per heavy atom. The SMILES string of the molecule is COc1c(OCC(O)CN2CCOCC2)ccc2c3n(c(=NC(=O)c4cncs4)nc12)CCN3.COc1c(OC[C@H](O)CN2CCOCC2)ccc2c1N=C(c1nccs1)N1CCN=C21. The number of aromatic nitrogens is 4. The van der Waals surface area contributed by atoms with Crippen LogP contribution in [-0.4, -0.2) is 187 Å². The highest BCUT2D eigenvalue weighted by molar-refractivity contribution is 7.12. The van der Waals surface area contributed by atoms with Crippen LogP contribution in [0.25, 0.3) is 10.9 Å². The highest BCUT2D eigenvalue weighted by Crippen LogP contribution is 2.44. The number of morpholine rings is 2. The van der Waals surface area contributed by atoms with Crippen molar-refractivity contribution in [2.45, 2.75) is 18.8 Å². The summed E-state index contributed by atoms with van der Waals surface area (Å²) in [6, 6.07) is 7.53. The van der Waals surface area contributed by atoms with Gasteiger partial charge in [0.1, 0.15) is 53.2 Å². The first-order valence-electron chi connectivity index (χ1n) is 21.4. The highest BCUT2D eigenvalue weighted by atomic mass is 32.1. The van der Waals surface area contributed by atoms with Crippen molar-refractivity contribution in [1.82, 2.24) is 34.2 Å². The number of nitrogens with one attached hydrogen (secondary N) is 1. The predicted octanol–water partition coefficient (Wildman–Crippen LogP) is 2.12. The lowest BCUT2D eigenvalue weighted by atomic mass is 10.1. The summed E-state index contributed by atoms with van der Waals surface area (Å²) in [7, 11) is 3.15. The molecule has 65 heavy (non-hydrogen) atoms. The largest absolute Gasteiger partial charge is 0.491 e. The van der Waals surface area contributed by atoms with Crippen molar-refractivity contribution in [3.63, 3.8) is 0 Å². The number of anilines is 1. The number of thiazole rings is 2. The van der Waals surface area contributed by atoms with Gasteiger partial charge in [-0.05, 0) is 24.3 Å². The van der Waals surface area contributed by atoms with Gasteiger partial charge in [0.25, 0.3) is 5.91 Å². The number of methoxy groups -OCH3 is 2. The number of amides is 1. The van der Waals surface area contributed by atoms with Gasteiger partial charge in [-0.2, -0.15) is 4.99 Å². The van der Waals surface area contributed by atoms with Crippen LogP contribution >= 0.6 is 22.7 Å². The summed E-state index contributed by atoms with van der Waals surface area (Å²) in [6.07, 6.45) is 2.00. The number of aliphatic imine (C=N–C) groups is 2. The van der Waals surface area contributed by atoms with Crippen LogP contribution in [0.1, 0.15) is 20.2 Å². The Kier molecular flexibility index (Phi) is 14.2. The Balaban J connectivity index is 0.000000165. The molecular weight excluding hydrogens is 879 g/mol. The minimum Gasteiger partial charge on any atom is -0.491 e. The smallest absolute Gasteiger partial charge is 0.291 e. The molecule has 5 aliphatic rings. The quantitative estimate of drug-likeness (QED) is 0.145. The van der Waals surface area contributed by atoms with Gasteiger partial charge in [-0.15, -0.1) is 22.7 Å². The lowest BCUT2D eigenvalue weighted by molar-refractivity contribution is 0.00432. The van der Waals surface area contributed by atoms with E-state index in [4.69, 9.17) is 33.4 Å². The zero-order chi connectivity index (χ0) is 44.7. The maximum Gasteiger partial charge on any atom is 0.291 e. The molecule has 1 unspecified atom stereocenters. The van der Waals surface area contributed by atoms with E-state index in [9.17, 15) is 15.0 Å². The normalized spacial score (nSPS) is 18.3. The summed E-state index contributed by atoms with van der Waals surface area (Å²) < 4.78 is 35.9. The second kappa shape index (κ2) is 20.7. The number of amidine groups is 2. The number of carbonyl (C=O) groups excluding carboxylic acids is 1. The number of ether oxygens (including phenoxy) is 6. The second-order valence-corrected chi connectivity index (χ2v) is 17.3. The Labute approximate surface area is 382 Å². The molecule has 0 bridgehead atoms. The number of hydrogen-bond acceptors (Lipinski definition) is 20. The molecule has 1 amide bonds. The van der Waals surface area contributed by atoms with Gasteiger partial charge in [0.2, 0.25) is 5.62 Å². The molecule has 2 fully saturated rings. The number of carbonyl (C=O) groups is 1. The van der Waals surface area contributed by atoms with Crippen molar-refractivity contribution in [2.75, 3.05) is 118 Å². The standard InChI is InChI=1S/C22H26N6O5S.C21H25N5O4S/c1-31-19-16(33-12-14(29)11-27-6-8-32-9-7-27)3-2-15-18(19)25-22(28-5-4-24-20(15)28)26-21(30)17-10-23-13-34-17;1-28-18-16(30-13-14(27)12-25-7-9-29-10-8-25)3-2-15-17(18)24-20(21-23-5-11-31-21)26-6-4-22-19(15)26/h2-3,10,13-14,24,29H,4-9,11-12H2,1H3;2-3,5,11,14,27H,4,6-10,12-13H2,1H3/t;14-/m.1/s1. The first-order valence-corrected chi connectivity index (χ1v) is 23.2. The third-order valence-corrected chi connectivity index (χ3v) is 12.8. The topological polar surface area (TPSA) is 215 Å². The van der Waals surface area contributed by atoms with E-state index in [1.54, 1.807) is 37.3 Å². The Hall–Kier alpha value is -5.59. The molecule has 2 atom stereocenters. The zero-order valence-electron chi connectivity index (χ0n) is 36.1. The van der Waals surface area contributed by atoms with Crippen molar-refractivity contribution >= 4 is 62.7 Å². The van der Waals surface area contributed by atoms with Crippen LogP contribution in [0.2, 0.25) is 0 Å². The lowest BCUT2D eigenvalue weighted by Gasteiger charge is -2.29. The molecule has 5 aliphatic heterocycles. The van der Waals surface area contributed by atoms with E-state index < -0.39 is 18.1 Å². The van der Waals surface area contributed by atoms with E-state index >= 15 is 0 Å². The number of hydrogen-bond donors (Lipinski definition) is 3. The molecular formula is C43H51N11O9S2. The van der Waals surface area contributed by atoms with Crippen LogP contribution in [0, 0.1) is 0 Å². The average molecular weight is 930 g/mol. The van der Waals surface area contributed by atoms with Crippen LogP contribution in [0.3, 0.4) is 0 Å². The number of rotatable bonds is 14. The molecule has 0 aliphatic carbocycles. The number of β-amino-alcohol motifs (C(OH)–C–C–N with tert-alkyl or cyclic N) is 2. The van der Waals surface area contributed by atoms with Crippen molar-refractivity contribution in [3.8, 4) is 23.0 Å². The molecule has 0 spiro atoms. The summed E-state index contributed by atoms with van der Waals surface area (Å²) in [4.78, 5) is 46.4. The highest BCUT2D eigenvalue weighted by Gasteiger charge is 2.34. The molecule has 5 aromatic rings. The summed E-state index contributed by atoms with van der Waals surface area (Å²) in [5.74, 6) is 4.07. The van der Waals surface area contributed by atoms with Gasteiger partial charge >= 0.3 is 0 Å². The molecule has 10 rings (SSSR count). The molecule has 8 heterocycles. The Morgan fingerprint density at radius 3 is 2.22 bits per heavy atom. The van der Waals surface area contributed by atoms with Gasteiger partial charge in [0.15, 0.2) is 33.8 Å². The molecule has 0 radical (unpaired) electrons. The fraction of sp³-hybridized carbons (Fsp3) is 0.465. The lowest BCUT2D eigenvalue weighted by Crippen LogP contribution is -2.42. The summed E-state index contributed by atoms with van der Waals surface area (Å²) in [6.45, 7) is 10.2. The van der Waals surface area contributed by atoms with Crippen LogP contribution < -0.4 is 29.9 Å². The first-order chi connectivity index (χ1) is 31.9. The van der Waals surface area contributed by atoms with Crippen LogP contribution in [0.5, 0.6) is 23.0 Å². The molecule has 2 aromatic carbocycles. The predicted molar refractivity (Wildman–Crippen MR) is 244 cm³/mol. The van der Waals surface area contributed by atoms with Crippen molar-refractivity contribution < 1.29 is 43.4 Å². The van der Waals surface area contributed by atoms with E-state index in [1.165, 1.54) is 17.5 Å². The van der Waals surface area contributed by atoms with E-state index in [2.05, 4.69) is 45.0 Å². The van der Waals surface area contributed by atoms with E-state index in [0.717, 1.165) is 66.2 Å². The minimum atomic E-state index is -0.661. The van der Waals surface area contributed by atoms with E-state index in [0.29, 0.717) is 98.2 Å². The maximum atomic E-state index is 12.6. The molecule has 0 saturated carbocycles. The van der Waals surface area contributed by atoms with Gasteiger partial charge < -0.3 is 48.9 Å². The molecule has 2 saturated heterocycles. The van der Waals surface area contributed by atoms with Crippen molar-refractivity contribution in [1.29, 1.82) is 0 Å². The number of aliphatic hydroxyl groups is 2. The summed E-state index contributed by atoms with van der Waals surface area (Å²) in [5, 5.41) is 27.9. The second-order valence-electron chi connectivity index (χ2n) is 15.5. The maximum absolute atomic E-state index is 12.6. The van der Waals surface area contributed by atoms with Gasteiger partial charge in [-0.25, -0.2) is 15.0 Å². The first kappa shape index (κ1) is 44.6. The number of fused-ring (bicyclic) bond motifs is 6. The summed E-state index contributed by atoms with van der Waals surface area (Å²) in [5.41, 5.74) is 4.00. The fourth-order valence-electron chi connectivity index (χ4n) is 8.16. The monoisotopic (exact) mass is 929 g/mol. The van der Waals surface area contributed by atoms with Gasteiger partial charge in [0, 0.05) is 81.4 Å². The molecule has 22 heteroatoms. The third-order valence-electron chi connectivity index (χ3n) is 11.2. The number of nitrogens with zero attached hydrogens (tertiary/aromatic N) is 10. The molecule has 3 N–H and O–H groups in total. The van der Waals surface area contributed by atoms with Gasteiger partial charge in [-0.3, -0.25) is 29.1 Å². The number of aliphatic hydroxyl groups excluding tert-OH is 2. The molecule has 3 aromatic heterocycles. The summed E-state index contributed by atoms with van der Waals surface area (Å²) >= 11 is 2.78. The van der Waals surface area contributed by atoms with Crippen LogP contribution in [-0.2, 0) is 16.0 Å². The Bertz CT molecular complexity index is 2580. The Morgan fingerprint density at radius 2 is 1.57 bits per heavy atom. The van der Waals surface area contributed by atoms with E-state index in [-0.39, 0.29) is 18.8 Å².